The van der Waals surface area contributed by atoms with E-state index in [9.17, 15) is 14.4 Å². The van der Waals surface area contributed by atoms with Crippen LogP contribution in [0, 0.1) is 0 Å². The van der Waals surface area contributed by atoms with Gasteiger partial charge in [0.25, 0.3) is 11.8 Å². The molecule has 0 spiro atoms. The predicted octanol–water partition coefficient (Wildman–Crippen LogP) is 2.02. The molecular weight excluding hydrogens is 312 g/mol. The molecule has 116 valence electrons. The second kappa shape index (κ2) is 5.31. The molecule has 5 nitrogen and oxygen atoms in total. The van der Waals surface area contributed by atoms with Crippen LogP contribution in [0.3, 0.4) is 0 Å². The van der Waals surface area contributed by atoms with Gasteiger partial charge in [0.1, 0.15) is 6.54 Å². The number of carbonyl (C=O) groups excluding carboxylic acids is 3. The lowest BCUT2D eigenvalue weighted by molar-refractivity contribution is -0.121. The van der Waals surface area contributed by atoms with Gasteiger partial charge >= 0.3 is 0 Å². The number of nitrogens with one attached hydrogen (secondary N) is 1. The van der Waals surface area contributed by atoms with E-state index < -0.39 is 11.8 Å². The summed E-state index contributed by atoms with van der Waals surface area (Å²) in [7, 11) is 0. The third kappa shape index (κ3) is 2.45. The maximum atomic E-state index is 12.2. The van der Waals surface area contributed by atoms with Crippen molar-refractivity contribution < 1.29 is 14.4 Å². The number of fused-ring (bicyclic) bond motifs is 1. The molecule has 0 radical (unpaired) electrons. The van der Waals surface area contributed by atoms with Gasteiger partial charge in [0.2, 0.25) is 5.91 Å². The first-order valence-electron chi connectivity index (χ1n) is 7.43. The molecule has 0 bridgehead atoms. The highest BCUT2D eigenvalue weighted by Gasteiger charge is 2.41. The monoisotopic (exact) mass is 326 g/mol. The van der Waals surface area contributed by atoms with Crippen molar-refractivity contribution in [2.45, 2.75) is 18.4 Å². The molecule has 23 heavy (non-hydrogen) atoms. The van der Waals surface area contributed by atoms with E-state index in [1.807, 2.05) is 11.4 Å². The van der Waals surface area contributed by atoms with Crippen molar-refractivity contribution in [1.29, 1.82) is 0 Å². The van der Waals surface area contributed by atoms with Crippen LogP contribution < -0.4 is 5.32 Å². The molecule has 0 saturated heterocycles. The van der Waals surface area contributed by atoms with Gasteiger partial charge in [-0.15, -0.1) is 11.3 Å². The highest BCUT2D eigenvalue weighted by molar-refractivity contribution is 7.10. The van der Waals surface area contributed by atoms with Crippen molar-refractivity contribution >= 4 is 29.1 Å². The van der Waals surface area contributed by atoms with E-state index in [1.165, 1.54) is 4.88 Å². The Hall–Kier alpha value is -2.47. The van der Waals surface area contributed by atoms with Crippen molar-refractivity contribution in [2.24, 2.45) is 0 Å². The second-order valence-electron chi connectivity index (χ2n) is 5.77. The van der Waals surface area contributed by atoms with Crippen LogP contribution in [0.15, 0.2) is 41.8 Å². The average Bonchev–Trinajstić information content (AvgIpc) is 3.01. The lowest BCUT2D eigenvalue weighted by Crippen LogP contribution is -2.41. The molecule has 2 unspecified atom stereocenters. The molecule has 2 aliphatic rings. The topological polar surface area (TPSA) is 66.5 Å². The number of hydrogen-bond acceptors (Lipinski definition) is 4. The van der Waals surface area contributed by atoms with Gasteiger partial charge in [-0.05, 0) is 30.0 Å². The maximum absolute atomic E-state index is 12.2. The highest BCUT2D eigenvalue weighted by Crippen LogP contribution is 2.42. The number of thiophene rings is 1. The summed E-state index contributed by atoms with van der Waals surface area (Å²) in [5.74, 6) is -0.720. The summed E-state index contributed by atoms with van der Waals surface area (Å²) in [6.07, 6.45) is 0.911. The number of rotatable bonds is 4. The minimum absolute atomic E-state index is 0.108. The molecule has 1 fully saturated rings. The fourth-order valence-corrected chi connectivity index (χ4v) is 3.86. The molecule has 1 aliphatic heterocycles. The minimum atomic E-state index is -0.397. The molecule has 1 aliphatic carbocycles. The lowest BCUT2D eigenvalue weighted by Gasteiger charge is -2.13. The average molecular weight is 326 g/mol. The number of amides is 3. The van der Waals surface area contributed by atoms with Crippen LogP contribution in [-0.4, -0.2) is 35.2 Å². The lowest BCUT2D eigenvalue weighted by atomic mass is 10.1. The molecule has 1 aromatic heterocycles. The Labute approximate surface area is 136 Å². The number of hydrogen-bond donors (Lipinski definition) is 1. The van der Waals surface area contributed by atoms with E-state index in [0.29, 0.717) is 17.0 Å². The molecule has 2 heterocycles. The van der Waals surface area contributed by atoms with Crippen molar-refractivity contribution in [1.82, 2.24) is 10.2 Å². The van der Waals surface area contributed by atoms with Gasteiger partial charge in [0.05, 0.1) is 11.1 Å². The first-order valence-corrected chi connectivity index (χ1v) is 8.31. The summed E-state index contributed by atoms with van der Waals surface area (Å²) < 4.78 is 0. The third-order valence-electron chi connectivity index (χ3n) is 4.23. The molecule has 4 rings (SSSR count). The maximum Gasteiger partial charge on any atom is 0.262 e. The van der Waals surface area contributed by atoms with Crippen LogP contribution in [0.2, 0.25) is 0 Å². The van der Waals surface area contributed by atoms with Crippen molar-refractivity contribution in [2.75, 3.05) is 6.54 Å². The van der Waals surface area contributed by atoms with Gasteiger partial charge in [0, 0.05) is 16.8 Å². The summed E-state index contributed by atoms with van der Waals surface area (Å²) in [4.78, 5) is 38.9. The van der Waals surface area contributed by atoms with Gasteiger partial charge < -0.3 is 5.32 Å². The second-order valence-corrected chi connectivity index (χ2v) is 6.75. The summed E-state index contributed by atoms with van der Waals surface area (Å²) in [6.45, 7) is -0.222. The first kappa shape index (κ1) is 14.1. The number of nitrogens with zero attached hydrogens (tertiary/aromatic N) is 1. The Kier molecular flexibility index (Phi) is 3.27. The van der Waals surface area contributed by atoms with Gasteiger partial charge in [-0.2, -0.15) is 0 Å². The van der Waals surface area contributed by atoms with Gasteiger partial charge in [0.15, 0.2) is 0 Å². The molecule has 6 heteroatoms. The van der Waals surface area contributed by atoms with E-state index in [2.05, 4.69) is 11.4 Å². The first-order chi connectivity index (χ1) is 11.1. The van der Waals surface area contributed by atoms with Crippen LogP contribution in [0.25, 0.3) is 0 Å². The molecular formula is C17H14N2O3S. The van der Waals surface area contributed by atoms with E-state index in [0.717, 1.165) is 11.3 Å². The summed E-state index contributed by atoms with van der Waals surface area (Å²) >= 11 is 1.68. The van der Waals surface area contributed by atoms with Crippen molar-refractivity contribution in [3.8, 4) is 0 Å². The third-order valence-corrected chi connectivity index (χ3v) is 5.23. The van der Waals surface area contributed by atoms with Crippen LogP contribution in [0.4, 0.5) is 0 Å². The van der Waals surface area contributed by atoms with Gasteiger partial charge in [-0.3, -0.25) is 19.3 Å². The molecule has 1 aromatic carbocycles. The summed E-state index contributed by atoms with van der Waals surface area (Å²) in [5.41, 5.74) is 0.737. The van der Waals surface area contributed by atoms with Gasteiger partial charge in [-0.25, -0.2) is 0 Å². The largest absolute Gasteiger partial charge is 0.351 e. The fraction of sp³-hybridized carbons (Fsp3) is 0.235. The number of carbonyl (C=O) groups is 3. The van der Waals surface area contributed by atoms with E-state index in [1.54, 1.807) is 35.6 Å². The van der Waals surface area contributed by atoms with Crippen LogP contribution in [0.1, 0.15) is 37.9 Å². The Morgan fingerprint density at radius 3 is 2.43 bits per heavy atom. The zero-order chi connectivity index (χ0) is 16.0. The van der Waals surface area contributed by atoms with Gasteiger partial charge in [-0.1, -0.05) is 18.2 Å². The predicted molar refractivity (Wildman–Crippen MR) is 85.4 cm³/mol. The van der Waals surface area contributed by atoms with E-state index in [4.69, 9.17) is 0 Å². The van der Waals surface area contributed by atoms with Crippen molar-refractivity contribution in [3.63, 3.8) is 0 Å². The van der Waals surface area contributed by atoms with E-state index in [-0.39, 0.29) is 18.5 Å². The van der Waals surface area contributed by atoms with Crippen LogP contribution in [-0.2, 0) is 4.79 Å². The summed E-state index contributed by atoms with van der Waals surface area (Å²) in [5, 5.41) is 4.93. The fourth-order valence-electron chi connectivity index (χ4n) is 2.95. The molecule has 2 aromatic rings. The van der Waals surface area contributed by atoms with Crippen molar-refractivity contribution in [3.05, 3.63) is 57.8 Å². The Morgan fingerprint density at radius 1 is 1.13 bits per heavy atom. The van der Waals surface area contributed by atoms with Crippen LogP contribution in [0.5, 0.6) is 0 Å². The standard InChI is InChI=1S/C17H14N2O3S/c20-15(18-13-8-12(13)14-6-3-7-23-14)9-19-16(21)10-4-1-2-5-11(10)17(19)22/h1-7,12-13H,8-9H2,(H,18,20). The van der Waals surface area contributed by atoms with Crippen LogP contribution >= 0.6 is 11.3 Å². The zero-order valence-corrected chi connectivity index (χ0v) is 13.0. The molecule has 1 saturated carbocycles. The normalized spacial score (nSPS) is 22.2. The molecule has 2 atom stereocenters. The Morgan fingerprint density at radius 2 is 1.83 bits per heavy atom. The van der Waals surface area contributed by atoms with E-state index >= 15 is 0 Å². The molecule has 3 amide bonds. The quantitative estimate of drug-likeness (QED) is 0.874. The summed E-state index contributed by atoms with van der Waals surface area (Å²) in [6, 6.07) is 10.8. The SMILES string of the molecule is O=C(CN1C(=O)c2ccccc2C1=O)NC1CC1c1cccs1. The zero-order valence-electron chi connectivity index (χ0n) is 12.2. The number of imide groups is 1. The minimum Gasteiger partial charge on any atom is -0.351 e. The smallest absolute Gasteiger partial charge is 0.262 e. The Balaban J connectivity index is 1.39. The number of benzene rings is 1. The highest BCUT2D eigenvalue weighted by atomic mass is 32.1. The molecule has 1 N–H and O–H groups in total. The Bertz CT molecular complexity index is 765.